The van der Waals surface area contributed by atoms with Crippen LogP contribution in [0.4, 0.5) is 0 Å². The molecule has 178 valence electrons. The van der Waals surface area contributed by atoms with E-state index in [9.17, 15) is 9.90 Å². The highest BCUT2D eigenvalue weighted by Crippen LogP contribution is 2.35. The lowest BCUT2D eigenvalue weighted by Gasteiger charge is -2.12. The molecule has 3 aromatic rings. The summed E-state index contributed by atoms with van der Waals surface area (Å²) >= 11 is 1.23. The van der Waals surface area contributed by atoms with E-state index in [0.717, 1.165) is 16.7 Å². The Balaban J connectivity index is 1.59. The first-order valence-corrected chi connectivity index (χ1v) is 11.9. The molecule has 0 unspecified atom stereocenters. The molecule has 1 N–H and O–H groups in total. The number of phenols is 1. The first kappa shape index (κ1) is 24.1. The number of benzene rings is 2. The van der Waals surface area contributed by atoms with Gasteiger partial charge in [0, 0.05) is 0 Å². The van der Waals surface area contributed by atoms with E-state index in [1.807, 2.05) is 56.3 Å². The van der Waals surface area contributed by atoms with Crippen molar-refractivity contribution in [2.75, 3.05) is 6.61 Å². The lowest BCUT2D eigenvalue weighted by molar-refractivity contribution is -0.122. The van der Waals surface area contributed by atoms with Crippen molar-refractivity contribution in [3.8, 4) is 11.5 Å². The van der Waals surface area contributed by atoms with Gasteiger partial charge in [0.05, 0.1) is 30.5 Å². The highest BCUT2D eigenvalue weighted by atomic mass is 32.2. The Bertz CT molecular complexity index is 1300. The molecule has 0 bridgehead atoms. The number of aromatic hydroxyl groups is 1. The maximum Gasteiger partial charge on any atom is 0.267 e. The number of thioether (sulfide) groups is 1. The summed E-state index contributed by atoms with van der Waals surface area (Å²) in [5, 5.41) is 19.0. The van der Waals surface area contributed by atoms with E-state index in [1.54, 1.807) is 42.8 Å². The zero-order chi connectivity index (χ0) is 24.6. The van der Waals surface area contributed by atoms with Crippen LogP contribution in [0.1, 0.15) is 30.7 Å². The number of carbonyl (C=O) groups is 1. The van der Waals surface area contributed by atoms with Crippen LogP contribution in [0.15, 0.2) is 92.0 Å². The Morgan fingerprint density at radius 3 is 2.71 bits per heavy atom. The Labute approximate surface area is 208 Å². The molecule has 1 saturated heterocycles. The molecular formula is C27H25N3O4S. The van der Waals surface area contributed by atoms with E-state index in [2.05, 4.69) is 10.2 Å². The number of amidine groups is 1. The molecule has 8 heteroatoms. The van der Waals surface area contributed by atoms with E-state index < -0.39 is 0 Å². The highest BCUT2D eigenvalue weighted by Gasteiger charge is 2.34. The predicted octanol–water partition coefficient (Wildman–Crippen LogP) is 5.95. The quantitative estimate of drug-likeness (QED) is 0.241. The van der Waals surface area contributed by atoms with Crippen LogP contribution in [0.5, 0.6) is 11.5 Å². The standard InChI is InChI=1S/C27H25N3O4S/c1-3-33-24-15-21(11-12-23(24)31)16-25-26(32)30(18-22-10-7-13-34-22)27(35-25)29-28-17-19(2)14-20-8-5-4-6-9-20/h4-17,31H,3,18H2,1-2H3/b19-14+,25-16-,28-17+,29-27-. The molecule has 1 aromatic heterocycles. The van der Waals surface area contributed by atoms with Gasteiger partial charge >= 0.3 is 0 Å². The van der Waals surface area contributed by atoms with Gasteiger partial charge in [-0.2, -0.15) is 5.10 Å². The highest BCUT2D eigenvalue weighted by molar-refractivity contribution is 8.18. The van der Waals surface area contributed by atoms with Crippen molar-refractivity contribution in [1.82, 2.24) is 4.90 Å². The van der Waals surface area contributed by atoms with E-state index in [1.165, 1.54) is 16.7 Å². The molecule has 1 fully saturated rings. The maximum absolute atomic E-state index is 13.2. The number of hydrogen-bond donors (Lipinski definition) is 1. The van der Waals surface area contributed by atoms with E-state index in [4.69, 9.17) is 9.15 Å². The minimum Gasteiger partial charge on any atom is -0.504 e. The Morgan fingerprint density at radius 1 is 1.14 bits per heavy atom. The van der Waals surface area contributed by atoms with Gasteiger partial charge < -0.3 is 14.3 Å². The number of nitrogens with zero attached hydrogens (tertiary/aromatic N) is 3. The van der Waals surface area contributed by atoms with Gasteiger partial charge in [0.15, 0.2) is 16.7 Å². The summed E-state index contributed by atoms with van der Waals surface area (Å²) < 4.78 is 10.9. The second-order valence-corrected chi connectivity index (χ2v) is 8.68. The van der Waals surface area contributed by atoms with Crippen LogP contribution in [0.25, 0.3) is 12.2 Å². The van der Waals surface area contributed by atoms with E-state index in [-0.39, 0.29) is 18.2 Å². The van der Waals surface area contributed by atoms with Gasteiger partial charge in [-0.3, -0.25) is 9.69 Å². The van der Waals surface area contributed by atoms with Crippen LogP contribution >= 0.6 is 11.8 Å². The van der Waals surface area contributed by atoms with Crippen LogP contribution in [-0.2, 0) is 11.3 Å². The number of ether oxygens (including phenoxy) is 1. The zero-order valence-corrected chi connectivity index (χ0v) is 20.2. The summed E-state index contributed by atoms with van der Waals surface area (Å²) in [5.74, 6) is 0.849. The third kappa shape index (κ3) is 6.30. The third-order valence-electron chi connectivity index (χ3n) is 4.96. The summed E-state index contributed by atoms with van der Waals surface area (Å²) in [6, 6.07) is 18.5. The predicted molar refractivity (Wildman–Crippen MR) is 140 cm³/mol. The van der Waals surface area contributed by atoms with Gasteiger partial charge in [-0.05, 0) is 72.7 Å². The molecular weight excluding hydrogens is 462 g/mol. The van der Waals surface area contributed by atoms with Gasteiger partial charge in [0.25, 0.3) is 5.91 Å². The fourth-order valence-electron chi connectivity index (χ4n) is 3.34. The number of allylic oxidation sites excluding steroid dienone is 1. The topological polar surface area (TPSA) is 87.6 Å². The van der Waals surface area contributed by atoms with Gasteiger partial charge in [-0.1, -0.05) is 42.5 Å². The average Bonchev–Trinajstić information content (AvgIpc) is 3.46. The van der Waals surface area contributed by atoms with Gasteiger partial charge in [-0.25, -0.2) is 0 Å². The van der Waals surface area contributed by atoms with Gasteiger partial charge in [0.1, 0.15) is 5.76 Å². The molecule has 0 saturated carbocycles. The minimum atomic E-state index is -0.206. The second-order valence-electron chi connectivity index (χ2n) is 7.67. The number of furan rings is 1. The van der Waals surface area contributed by atoms with Crippen molar-refractivity contribution >= 4 is 41.2 Å². The molecule has 1 amide bonds. The Hall–Kier alpha value is -4.04. The Kier molecular flexibility index (Phi) is 7.84. The average molecular weight is 488 g/mol. The molecule has 1 aliphatic rings. The normalized spacial score (nSPS) is 16.7. The number of phenolic OH excluding ortho intramolecular Hbond substituents is 1. The molecule has 0 atom stereocenters. The first-order valence-electron chi connectivity index (χ1n) is 11.1. The van der Waals surface area contributed by atoms with Crippen molar-refractivity contribution in [1.29, 1.82) is 0 Å². The molecule has 35 heavy (non-hydrogen) atoms. The van der Waals surface area contributed by atoms with Crippen LogP contribution in [0.2, 0.25) is 0 Å². The summed E-state index contributed by atoms with van der Waals surface area (Å²) in [5.41, 5.74) is 2.72. The molecule has 2 aromatic carbocycles. The van der Waals surface area contributed by atoms with Crippen molar-refractivity contribution in [3.05, 3.63) is 94.3 Å². The maximum atomic E-state index is 13.2. The fraction of sp³-hybridized carbons (Fsp3) is 0.148. The summed E-state index contributed by atoms with van der Waals surface area (Å²) in [6.07, 6.45) is 6.98. The van der Waals surface area contributed by atoms with Crippen molar-refractivity contribution in [3.63, 3.8) is 0 Å². The monoisotopic (exact) mass is 487 g/mol. The van der Waals surface area contributed by atoms with Crippen LogP contribution in [-0.4, -0.2) is 33.9 Å². The lowest BCUT2D eigenvalue weighted by Crippen LogP contribution is -2.28. The summed E-state index contributed by atoms with van der Waals surface area (Å²) in [7, 11) is 0. The zero-order valence-electron chi connectivity index (χ0n) is 19.4. The molecule has 0 aliphatic carbocycles. The molecule has 0 spiro atoms. The van der Waals surface area contributed by atoms with Crippen LogP contribution in [0.3, 0.4) is 0 Å². The lowest BCUT2D eigenvalue weighted by atomic mass is 10.1. The van der Waals surface area contributed by atoms with E-state index in [0.29, 0.717) is 28.2 Å². The fourth-order valence-corrected chi connectivity index (χ4v) is 4.28. The van der Waals surface area contributed by atoms with E-state index >= 15 is 0 Å². The molecule has 1 aliphatic heterocycles. The van der Waals surface area contributed by atoms with Crippen molar-refractivity contribution in [2.45, 2.75) is 20.4 Å². The molecule has 7 nitrogen and oxygen atoms in total. The number of carbonyl (C=O) groups excluding carboxylic acids is 1. The molecule has 4 rings (SSSR count). The minimum absolute atomic E-state index is 0.0503. The Morgan fingerprint density at radius 2 is 1.97 bits per heavy atom. The molecule has 0 radical (unpaired) electrons. The van der Waals surface area contributed by atoms with Crippen molar-refractivity contribution < 1.29 is 19.1 Å². The second kappa shape index (κ2) is 11.4. The molecule has 2 heterocycles. The van der Waals surface area contributed by atoms with Crippen LogP contribution < -0.4 is 4.74 Å². The first-order chi connectivity index (χ1) is 17.0. The van der Waals surface area contributed by atoms with Gasteiger partial charge in [-0.15, -0.1) is 5.10 Å². The number of hydrogen-bond acceptors (Lipinski definition) is 7. The van der Waals surface area contributed by atoms with Crippen molar-refractivity contribution in [2.24, 2.45) is 10.2 Å². The summed E-state index contributed by atoms with van der Waals surface area (Å²) in [4.78, 5) is 15.2. The third-order valence-corrected chi connectivity index (χ3v) is 5.96. The largest absolute Gasteiger partial charge is 0.504 e. The van der Waals surface area contributed by atoms with Gasteiger partial charge in [0.2, 0.25) is 0 Å². The number of rotatable bonds is 8. The van der Waals surface area contributed by atoms with Crippen LogP contribution in [0, 0.1) is 0 Å². The number of amides is 1. The SMILES string of the molecule is CCOc1cc(/C=C2\S\C(=N/N=C/C(C)=C/c3ccccc3)N(Cc3ccco3)C2=O)ccc1O. The smallest absolute Gasteiger partial charge is 0.267 e. The summed E-state index contributed by atoms with van der Waals surface area (Å²) in [6.45, 7) is 4.44.